The Morgan fingerprint density at radius 2 is 2.05 bits per heavy atom. The average Bonchev–Trinajstić information content (AvgIpc) is 2.39. The summed E-state index contributed by atoms with van der Waals surface area (Å²) in [6, 6.07) is 0. The van der Waals surface area contributed by atoms with E-state index < -0.39 is 15.4 Å². The predicted octanol–water partition coefficient (Wildman–Crippen LogP) is 0.0198. The second-order valence-corrected chi connectivity index (χ2v) is 8.42. The molecule has 1 saturated heterocycles. The van der Waals surface area contributed by atoms with Gasteiger partial charge in [-0.05, 0) is 31.8 Å². The van der Waals surface area contributed by atoms with Crippen LogP contribution in [0, 0.1) is 11.3 Å². The second-order valence-electron chi connectivity index (χ2n) is 6.12. The van der Waals surface area contributed by atoms with Crippen molar-refractivity contribution in [2.24, 2.45) is 11.3 Å². The molecule has 1 aliphatic heterocycles. The molecule has 0 aliphatic carbocycles. The normalized spacial score (nSPS) is 20.9. The largest absolute Gasteiger partial charge is 0.355 e. The summed E-state index contributed by atoms with van der Waals surface area (Å²) in [7, 11) is -0.268. The van der Waals surface area contributed by atoms with Gasteiger partial charge < -0.3 is 10.6 Å². The Kier molecular flexibility index (Phi) is 5.97. The minimum atomic E-state index is -3.26. The van der Waals surface area contributed by atoms with Crippen LogP contribution in [0.3, 0.4) is 0 Å². The van der Waals surface area contributed by atoms with E-state index in [0.29, 0.717) is 5.92 Å². The Balaban J connectivity index is 2.49. The average molecular weight is 305 g/mol. The lowest BCUT2D eigenvalue weighted by Crippen LogP contribution is -2.48. The molecule has 1 unspecified atom stereocenters. The summed E-state index contributed by atoms with van der Waals surface area (Å²) in [6.45, 7) is 5.87. The van der Waals surface area contributed by atoms with Crippen molar-refractivity contribution < 1.29 is 13.2 Å². The zero-order valence-corrected chi connectivity index (χ0v) is 13.7. The smallest absolute Gasteiger partial charge is 0.226 e. The van der Waals surface area contributed by atoms with Crippen molar-refractivity contribution in [3.05, 3.63) is 0 Å². The Morgan fingerprint density at radius 1 is 1.40 bits per heavy atom. The number of hydrogen-bond donors (Lipinski definition) is 2. The molecule has 118 valence electrons. The molecule has 1 aliphatic rings. The van der Waals surface area contributed by atoms with Crippen LogP contribution in [0.1, 0.15) is 26.7 Å². The number of sulfonamides is 1. The van der Waals surface area contributed by atoms with Crippen LogP contribution in [-0.4, -0.2) is 58.1 Å². The van der Waals surface area contributed by atoms with Crippen LogP contribution in [-0.2, 0) is 14.8 Å². The number of nitrogens with zero attached hydrogens (tertiary/aromatic N) is 1. The highest BCUT2D eigenvalue weighted by Crippen LogP contribution is 2.31. The fourth-order valence-electron chi connectivity index (χ4n) is 2.36. The van der Waals surface area contributed by atoms with Crippen molar-refractivity contribution >= 4 is 15.9 Å². The Labute approximate surface area is 122 Å². The highest BCUT2D eigenvalue weighted by molar-refractivity contribution is 7.89. The molecule has 2 N–H and O–H groups in total. The maximum Gasteiger partial charge on any atom is 0.226 e. The molecule has 0 aromatic carbocycles. The molecule has 0 aromatic rings. The maximum atomic E-state index is 12.3. The summed E-state index contributed by atoms with van der Waals surface area (Å²) < 4.78 is 24.4. The van der Waals surface area contributed by atoms with E-state index in [-0.39, 0.29) is 18.2 Å². The molecule has 0 aromatic heterocycles. The molecule has 0 bridgehead atoms. The highest BCUT2D eigenvalue weighted by Gasteiger charge is 2.37. The maximum absolute atomic E-state index is 12.3. The van der Waals surface area contributed by atoms with Crippen molar-refractivity contribution in [1.82, 2.24) is 14.9 Å². The molecule has 1 heterocycles. The van der Waals surface area contributed by atoms with E-state index in [4.69, 9.17) is 0 Å². The lowest BCUT2D eigenvalue weighted by Gasteiger charge is -2.36. The van der Waals surface area contributed by atoms with Gasteiger partial charge in [0.2, 0.25) is 15.9 Å². The lowest BCUT2D eigenvalue weighted by atomic mass is 9.74. The molecule has 0 radical (unpaired) electrons. The van der Waals surface area contributed by atoms with Gasteiger partial charge in [-0.1, -0.05) is 13.8 Å². The number of nitrogens with one attached hydrogen (secondary N) is 2. The first-order valence-corrected chi connectivity index (χ1v) is 8.68. The van der Waals surface area contributed by atoms with E-state index in [2.05, 4.69) is 10.6 Å². The Hall–Kier alpha value is -0.660. The first-order chi connectivity index (χ1) is 9.18. The van der Waals surface area contributed by atoms with Crippen LogP contribution in [0.4, 0.5) is 0 Å². The number of carbonyl (C=O) groups is 1. The van der Waals surface area contributed by atoms with E-state index >= 15 is 0 Å². The van der Waals surface area contributed by atoms with Crippen LogP contribution in [0.25, 0.3) is 0 Å². The summed E-state index contributed by atoms with van der Waals surface area (Å²) in [6.07, 6.45) is 2.11. The van der Waals surface area contributed by atoms with Gasteiger partial charge in [0.1, 0.15) is 0 Å². The van der Waals surface area contributed by atoms with Crippen molar-refractivity contribution in [2.45, 2.75) is 26.7 Å². The molecule has 1 fully saturated rings. The molecule has 0 saturated carbocycles. The van der Waals surface area contributed by atoms with Crippen LogP contribution >= 0.6 is 0 Å². The second kappa shape index (κ2) is 6.87. The van der Waals surface area contributed by atoms with Gasteiger partial charge >= 0.3 is 0 Å². The summed E-state index contributed by atoms with van der Waals surface area (Å²) in [5, 5.41) is 6.07. The molecule has 7 heteroatoms. The van der Waals surface area contributed by atoms with Gasteiger partial charge in [-0.3, -0.25) is 4.79 Å². The third-order valence-electron chi connectivity index (χ3n) is 4.10. The standard InChI is InChI=1S/C13H27N3O3S/c1-13(2,11-6-5-7-14-10-11)12(17)15-8-9-20(18,19)16(3)4/h11,14H,5-10H2,1-4H3,(H,15,17). The van der Waals surface area contributed by atoms with Crippen molar-refractivity contribution in [3.8, 4) is 0 Å². The Morgan fingerprint density at radius 3 is 2.55 bits per heavy atom. The zero-order valence-electron chi connectivity index (χ0n) is 12.9. The van der Waals surface area contributed by atoms with E-state index in [9.17, 15) is 13.2 Å². The van der Waals surface area contributed by atoms with E-state index in [1.165, 1.54) is 18.4 Å². The minimum Gasteiger partial charge on any atom is -0.355 e. The first-order valence-electron chi connectivity index (χ1n) is 7.07. The third kappa shape index (κ3) is 4.43. The van der Waals surface area contributed by atoms with Crippen LogP contribution < -0.4 is 10.6 Å². The molecule has 6 nitrogen and oxygen atoms in total. The molecule has 0 spiro atoms. The molecule has 1 atom stereocenters. The minimum absolute atomic E-state index is 0.0647. The topological polar surface area (TPSA) is 78.5 Å². The zero-order chi connectivity index (χ0) is 15.4. The Bertz CT molecular complexity index is 426. The third-order valence-corrected chi connectivity index (χ3v) is 5.94. The summed E-state index contributed by atoms with van der Waals surface area (Å²) in [5.74, 6) is 0.159. The fourth-order valence-corrected chi connectivity index (χ4v) is 3.08. The van der Waals surface area contributed by atoms with Crippen molar-refractivity contribution in [1.29, 1.82) is 0 Å². The van der Waals surface area contributed by atoms with Crippen molar-refractivity contribution in [3.63, 3.8) is 0 Å². The number of amides is 1. The van der Waals surface area contributed by atoms with Gasteiger partial charge in [-0.25, -0.2) is 12.7 Å². The van der Waals surface area contributed by atoms with Gasteiger partial charge in [-0.15, -0.1) is 0 Å². The first kappa shape index (κ1) is 17.4. The number of carbonyl (C=O) groups excluding carboxylic acids is 1. The summed E-state index contributed by atoms with van der Waals surface area (Å²) >= 11 is 0. The van der Waals surface area contributed by atoms with Gasteiger partial charge in [0.05, 0.1) is 5.75 Å². The number of hydrogen-bond acceptors (Lipinski definition) is 4. The fraction of sp³-hybridized carbons (Fsp3) is 0.923. The van der Waals surface area contributed by atoms with Crippen LogP contribution in [0.2, 0.25) is 0 Å². The lowest BCUT2D eigenvalue weighted by molar-refractivity contribution is -0.132. The molecular formula is C13H27N3O3S. The van der Waals surface area contributed by atoms with E-state index in [1.807, 2.05) is 13.8 Å². The molecule has 1 rings (SSSR count). The SMILES string of the molecule is CN(C)S(=O)(=O)CCNC(=O)C(C)(C)C1CCCNC1. The van der Waals surface area contributed by atoms with Gasteiger partial charge in [0.25, 0.3) is 0 Å². The van der Waals surface area contributed by atoms with Gasteiger partial charge in [0, 0.05) is 26.1 Å². The molecule has 1 amide bonds. The molecular weight excluding hydrogens is 278 g/mol. The van der Waals surface area contributed by atoms with E-state index in [1.54, 1.807) is 0 Å². The quantitative estimate of drug-likeness (QED) is 0.725. The van der Waals surface area contributed by atoms with Gasteiger partial charge in [0.15, 0.2) is 0 Å². The predicted molar refractivity (Wildman–Crippen MR) is 79.9 cm³/mol. The highest BCUT2D eigenvalue weighted by atomic mass is 32.2. The van der Waals surface area contributed by atoms with Crippen LogP contribution in [0.15, 0.2) is 0 Å². The monoisotopic (exact) mass is 305 g/mol. The molecule has 20 heavy (non-hydrogen) atoms. The summed E-state index contributed by atoms with van der Waals surface area (Å²) in [4.78, 5) is 12.3. The summed E-state index contributed by atoms with van der Waals surface area (Å²) in [5.41, 5.74) is -0.477. The van der Waals surface area contributed by atoms with Crippen LogP contribution in [0.5, 0.6) is 0 Å². The van der Waals surface area contributed by atoms with Crippen molar-refractivity contribution in [2.75, 3.05) is 39.5 Å². The number of rotatable bonds is 6. The van der Waals surface area contributed by atoms with Gasteiger partial charge in [-0.2, -0.15) is 0 Å². The van der Waals surface area contributed by atoms with E-state index in [0.717, 1.165) is 25.9 Å². The number of piperidine rings is 1.